The predicted molar refractivity (Wildman–Crippen MR) is 85.2 cm³/mol. The van der Waals surface area contributed by atoms with E-state index in [1.807, 2.05) is 13.0 Å². The maximum absolute atomic E-state index is 12.6. The second-order valence-electron chi connectivity index (χ2n) is 4.91. The highest BCUT2D eigenvalue weighted by Crippen LogP contribution is 2.29. The number of ether oxygens (including phenoxy) is 2. The molecular formula is C16H16N4O3. The molecule has 0 saturated carbocycles. The van der Waals surface area contributed by atoms with Crippen LogP contribution in [0.15, 0.2) is 36.5 Å². The summed E-state index contributed by atoms with van der Waals surface area (Å²) in [6, 6.07) is 8.61. The van der Waals surface area contributed by atoms with E-state index < -0.39 is 0 Å². The van der Waals surface area contributed by atoms with E-state index in [0.717, 1.165) is 5.69 Å². The molecule has 118 valence electrons. The van der Waals surface area contributed by atoms with Crippen LogP contribution in [0.1, 0.15) is 16.2 Å². The summed E-state index contributed by atoms with van der Waals surface area (Å²) in [5.41, 5.74) is 2.31. The topological polar surface area (TPSA) is 77.8 Å². The van der Waals surface area contributed by atoms with Gasteiger partial charge in [0.25, 0.3) is 5.91 Å². The van der Waals surface area contributed by atoms with Crippen LogP contribution in [0.5, 0.6) is 11.5 Å². The summed E-state index contributed by atoms with van der Waals surface area (Å²) in [4.78, 5) is 16.8. The van der Waals surface area contributed by atoms with Gasteiger partial charge < -0.3 is 14.8 Å². The summed E-state index contributed by atoms with van der Waals surface area (Å²) in [5, 5.41) is 7.11. The molecule has 0 bridgehead atoms. The maximum Gasteiger partial charge on any atom is 0.274 e. The summed E-state index contributed by atoms with van der Waals surface area (Å²) in [6.07, 6.45) is 1.58. The van der Waals surface area contributed by atoms with Crippen molar-refractivity contribution in [3.8, 4) is 11.5 Å². The Morgan fingerprint density at radius 3 is 2.74 bits per heavy atom. The van der Waals surface area contributed by atoms with Crippen LogP contribution in [-0.4, -0.2) is 34.7 Å². The number of hydrogen-bond acceptors (Lipinski definition) is 5. The number of hydrogen-bond donors (Lipinski definition) is 1. The van der Waals surface area contributed by atoms with Crippen LogP contribution in [0.4, 0.5) is 5.69 Å². The molecule has 3 rings (SSSR count). The van der Waals surface area contributed by atoms with Crippen LogP contribution >= 0.6 is 0 Å². The van der Waals surface area contributed by atoms with Gasteiger partial charge in [0.1, 0.15) is 17.2 Å². The van der Waals surface area contributed by atoms with Gasteiger partial charge in [-0.25, -0.2) is 9.50 Å². The number of benzene rings is 1. The molecule has 0 aliphatic carbocycles. The van der Waals surface area contributed by atoms with Crippen LogP contribution in [0, 0.1) is 6.92 Å². The third-order valence-electron chi connectivity index (χ3n) is 3.37. The first-order chi connectivity index (χ1) is 11.1. The third-order valence-corrected chi connectivity index (χ3v) is 3.37. The molecule has 0 spiro atoms. The average molecular weight is 312 g/mol. The number of carbonyl (C=O) groups excluding carboxylic acids is 1. The highest BCUT2D eigenvalue weighted by atomic mass is 16.5. The standard InChI is InChI=1S/C16H16N4O3/c1-10-8-15-17-7-6-13(20(15)19-10)16(21)18-12-9-11(22-2)4-5-14(12)23-3/h4-9H,1-3H3,(H,18,21). The number of nitrogens with zero attached hydrogens (tertiary/aromatic N) is 3. The Labute approximate surface area is 132 Å². The van der Waals surface area contributed by atoms with Crippen molar-refractivity contribution in [2.45, 2.75) is 6.92 Å². The molecule has 3 aromatic rings. The lowest BCUT2D eigenvalue weighted by atomic mass is 10.2. The van der Waals surface area contributed by atoms with E-state index in [1.165, 1.54) is 4.52 Å². The number of aromatic nitrogens is 3. The van der Waals surface area contributed by atoms with E-state index in [9.17, 15) is 4.79 Å². The van der Waals surface area contributed by atoms with Gasteiger partial charge in [0.2, 0.25) is 0 Å². The van der Waals surface area contributed by atoms with Gasteiger partial charge in [-0.3, -0.25) is 4.79 Å². The number of aryl methyl sites for hydroxylation is 1. The van der Waals surface area contributed by atoms with Crippen molar-refractivity contribution in [1.29, 1.82) is 0 Å². The van der Waals surface area contributed by atoms with Crippen LogP contribution in [0.25, 0.3) is 5.65 Å². The number of nitrogens with one attached hydrogen (secondary N) is 1. The van der Waals surface area contributed by atoms with Crippen molar-refractivity contribution in [1.82, 2.24) is 14.6 Å². The molecule has 2 heterocycles. The fraction of sp³-hybridized carbons (Fsp3) is 0.188. The molecule has 0 fully saturated rings. The van der Waals surface area contributed by atoms with Gasteiger partial charge in [-0.05, 0) is 25.1 Å². The number of methoxy groups -OCH3 is 2. The number of carbonyl (C=O) groups is 1. The molecule has 0 aliphatic rings. The predicted octanol–water partition coefficient (Wildman–Crippen LogP) is 2.31. The minimum Gasteiger partial charge on any atom is -0.497 e. The summed E-state index contributed by atoms with van der Waals surface area (Å²) in [6.45, 7) is 1.85. The molecule has 1 aromatic carbocycles. The van der Waals surface area contributed by atoms with E-state index in [0.29, 0.717) is 28.5 Å². The SMILES string of the molecule is COc1ccc(OC)c(NC(=O)c2ccnc3cc(C)nn23)c1. The Kier molecular flexibility index (Phi) is 3.84. The van der Waals surface area contributed by atoms with Gasteiger partial charge >= 0.3 is 0 Å². The summed E-state index contributed by atoms with van der Waals surface area (Å²) >= 11 is 0. The average Bonchev–Trinajstić information content (AvgIpc) is 2.94. The van der Waals surface area contributed by atoms with Gasteiger partial charge in [-0.2, -0.15) is 5.10 Å². The molecule has 2 aromatic heterocycles. The zero-order valence-corrected chi connectivity index (χ0v) is 13.0. The highest BCUT2D eigenvalue weighted by molar-refractivity contribution is 6.04. The van der Waals surface area contributed by atoms with Gasteiger partial charge in [0, 0.05) is 18.3 Å². The molecule has 0 saturated heterocycles. The van der Waals surface area contributed by atoms with E-state index in [1.54, 1.807) is 44.7 Å². The van der Waals surface area contributed by atoms with E-state index in [2.05, 4.69) is 15.4 Å². The highest BCUT2D eigenvalue weighted by Gasteiger charge is 2.15. The fourth-order valence-corrected chi connectivity index (χ4v) is 2.28. The smallest absolute Gasteiger partial charge is 0.274 e. The lowest BCUT2D eigenvalue weighted by Gasteiger charge is -2.12. The molecule has 23 heavy (non-hydrogen) atoms. The molecule has 0 aliphatic heterocycles. The monoisotopic (exact) mass is 312 g/mol. The molecule has 7 nitrogen and oxygen atoms in total. The maximum atomic E-state index is 12.6. The van der Waals surface area contributed by atoms with E-state index in [4.69, 9.17) is 9.47 Å². The first kappa shape index (κ1) is 14.8. The molecule has 1 amide bonds. The fourth-order valence-electron chi connectivity index (χ4n) is 2.28. The van der Waals surface area contributed by atoms with Crippen molar-refractivity contribution in [3.05, 3.63) is 47.9 Å². The van der Waals surface area contributed by atoms with Crippen molar-refractivity contribution < 1.29 is 14.3 Å². The van der Waals surface area contributed by atoms with Crippen LogP contribution in [-0.2, 0) is 0 Å². The van der Waals surface area contributed by atoms with Gasteiger partial charge in [-0.1, -0.05) is 0 Å². The number of amides is 1. The van der Waals surface area contributed by atoms with Crippen molar-refractivity contribution in [2.24, 2.45) is 0 Å². The first-order valence-electron chi connectivity index (χ1n) is 6.97. The Bertz CT molecular complexity index is 873. The quantitative estimate of drug-likeness (QED) is 0.800. The molecular weight excluding hydrogens is 296 g/mol. The third kappa shape index (κ3) is 2.80. The second kappa shape index (κ2) is 5.96. The molecule has 0 radical (unpaired) electrons. The van der Waals surface area contributed by atoms with Crippen LogP contribution < -0.4 is 14.8 Å². The lowest BCUT2D eigenvalue weighted by Crippen LogP contribution is -2.17. The Morgan fingerprint density at radius 2 is 2.00 bits per heavy atom. The Morgan fingerprint density at radius 1 is 1.17 bits per heavy atom. The van der Waals surface area contributed by atoms with Crippen molar-refractivity contribution >= 4 is 17.2 Å². The number of rotatable bonds is 4. The van der Waals surface area contributed by atoms with Gasteiger partial charge in [0.05, 0.1) is 25.6 Å². The first-order valence-corrected chi connectivity index (χ1v) is 6.97. The lowest BCUT2D eigenvalue weighted by molar-refractivity contribution is 0.101. The minimum absolute atomic E-state index is 0.313. The van der Waals surface area contributed by atoms with Gasteiger partial charge in [0.15, 0.2) is 5.65 Å². The minimum atomic E-state index is -0.313. The zero-order chi connectivity index (χ0) is 16.4. The molecule has 0 atom stereocenters. The molecule has 0 unspecified atom stereocenters. The van der Waals surface area contributed by atoms with E-state index in [-0.39, 0.29) is 5.91 Å². The van der Waals surface area contributed by atoms with Crippen molar-refractivity contribution in [3.63, 3.8) is 0 Å². The summed E-state index contributed by atoms with van der Waals surface area (Å²) < 4.78 is 12.0. The Hall–Kier alpha value is -3.09. The number of fused-ring (bicyclic) bond motifs is 1. The largest absolute Gasteiger partial charge is 0.497 e. The van der Waals surface area contributed by atoms with E-state index >= 15 is 0 Å². The van der Waals surface area contributed by atoms with Crippen molar-refractivity contribution in [2.75, 3.05) is 19.5 Å². The van der Waals surface area contributed by atoms with Crippen LogP contribution in [0.2, 0.25) is 0 Å². The van der Waals surface area contributed by atoms with Crippen LogP contribution in [0.3, 0.4) is 0 Å². The molecule has 7 heteroatoms. The summed E-state index contributed by atoms with van der Waals surface area (Å²) in [5.74, 6) is 0.851. The Balaban J connectivity index is 1.98. The second-order valence-corrected chi connectivity index (χ2v) is 4.91. The zero-order valence-electron chi connectivity index (χ0n) is 13.0. The van der Waals surface area contributed by atoms with Gasteiger partial charge in [-0.15, -0.1) is 0 Å². The summed E-state index contributed by atoms with van der Waals surface area (Å²) in [7, 11) is 3.10. The normalized spacial score (nSPS) is 10.6. The number of anilines is 1. The molecule has 1 N–H and O–H groups in total.